The molecule has 0 saturated carbocycles. The van der Waals surface area contributed by atoms with Gasteiger partial charge in [0, 0.05) is 26.1 Å². The first-order valence-electron chi connectivity index (χ1n) is 11.0. The number of hydrogen-bond acceptors (Lipinski definition) is 5. The zero-order valence-corrected chi connectivity index (χ0v) is 20.4. The number of carbonyl (C=O) groups is 2. The van der Waals surface area contributed by atoms with Crippen LogP contribution >= 0.6 is 23.2 Å². The Morgan fingerprint density at radius 3 is 2.35 bits per heavy atom. The van der Waals surface area contributed by atoms with Crippen molar-refractivity contribution in [3.63, 3.8) is 0 Å². The second kappa shape index (κ2) is 10.3. The molecule has 0 aliphatic carbocycles. The molecule has 2 unspecified atom stereocenters. The lowest BCUT2D eigenvalue weighted by Gasteiger charge is -2.43. The third kappa shape index (κ3) is 5.32. The highest BCUT2D eigenvalue weighted by atomic mass is 35.5. The number of carboxylic acid groups (broad SMARTS) is 1. The van der Waals surface area contributed by atoms with Gasteiger partial charge in [-0.05, 0) is 54.3 Å². The maximum absolute atomic E-state index is 12.1. The van der Waals surface area contributed by atoms with E-state index in [-0.39, 0.29) is 25.2 Å². The van der Waals surface area contributed by atoms with Gasteiger partial charge in [0.25, 0.3) is 0 Å². The molecule has 2 aromatic rings. The van der Waals surface area contributed by atoms with Crippen LogP contribution < -0.4 is 14.8 Å². The molecular formula is C25H26Cl2N2O5. The fourth-order valence-electron chi connectivity index (χ4n) is 4.50. The molecule has 2 aliphatic rings. The average molecular weight is 505 g/mol. The predicted octanol–water partition coefficient (Wildman–Crippen LogP) is 4.19. The number of piperazine rings is 1. The van der Waals surface area contributed by atoms with E-state index in [9.17, 15) is 14.7 Å². The highest BCUT2D eigenvalue weighted by Crippen LogP contribution is 2.35. The number of carbonyl (C=O) groups excluding carboxylic acids is 1. The number of rotatable bonds is 7. The summed E-state index contributed by atoms with van der Waals surface area (Å²) < 4.78 is 11.4. The molecule has 0 radical (unpaired) electrons. The Morgan fingerprint density at radius 2 is 1.74 bits per heavy atom. The molecule has 1 fully saturated rings. The quantitative estimate of drug-likeness (QED) is 0.549. The number of amides is 1. The standard InChI is InChI=1S/C25H26Cl2N2O5/c1-14-9-20(26)24(21(27)10-14)34-8-7-33-18-5-3-16(4-6-18)19-11-17-12-29(15(2)30)13-22(28-17)23(19)25(31)32/h3-6,9-10,17,22,28H,7-8,11-13H2,1-2H3,(H,31,32). The van der Waals surface area contributed by atoms with E-state index in [4.69, 9.17) is 32.7 Å². The molecule has 2 aromatic carbocycles. The van der Waals surface area contributed by atoms with Crippen molar-refractivity contribution in [1.82, 2.24) is 10.2 Å². The molecule has 7 nitrogen and oxygen atoms in total. The van der Waals surface area contributed by atoms with Crippen LogP contribution in [0.1, 0.15) is 24.5 Å². The van der Waals surface area contributed by atoms with Gasteiger partial charge in [-0.2, -0.15) is 0 Å². The molecule has 4 rings (SSSR count). The van der Waals surface area contributed by atoms with Gasteiger partial charge in [-0.3, -0.25) is 4.79 Å². The number of carboxylic acids is 1. The summed E-state index contributed by atoms with van der Waals surface area (Å²) in [6, 6.07) is 10.6. The molecule has 0 aromatic heterocycles. The number of nitrogens with one attached hydrogen (secondary N) is 1. The van der Waals surface area contributed by atoms with Crippen molar-refractivity contribution in [2.75, 3.05) is 26.3 Å². The van der Waals surface area contributed by atoms with Crippen LogP contribution in [0.15, 0.2) is 42.0 Å². The van der Waals surface area contributed by atoms with E-state index in [2.05, 4.69) is 5.32 Å². The van der Waals surface area contributed by atoms with E-state index < -0.39 is 12.0 Å². The number of ether oxygens (including phenoxy) is 2. The van der Waals surface area contributed by atoms with Gasteiger partial charge in [0.2, 0.25) is 5.91 Å². The third-order valence-electron chi connectivity index (χ3n) is 6.02. The van der Waals surface area contributed by atoms with Gasteiger partial charge in [0.15, 0.2) is 5.75 Å². The molecule has 9 heteroatoms. The van der Waals surface area contributed by atoms with E-state index in [0.29, 0.717) is 46.6 Å². The minimum absolute atomic E-state index is 0.0225. The fraction of sp³-hybridized carbons (Fsp3) is 0.360. The van der Waals surface area contributed by atoms with Gasteiger partial charge < -0.3 is 24.8 Å². The Morgan fingerprint density at radius 1 is 1.09 bits per heavy atom. The SMILES string of the molecule is CC(=O)N1CC2CC(c3ccc(OCCOc4c(Cl)cc(C)cc4Cl)cc3)=C(C(=O)O)C(C1)N2. The summed E-state index contributed by atoms with van der Waals surface area (Å²) in [5.74, 6) is 0.0629. The average Bonchev–Trinajstić information content (AvgIpc) is 2.77. The van der Waals surface area contributed by atoms with Crippen LogP contribution in [-0.2, 0) is 9.59 Å². The minimum atomic E-state index is -0.970. The lowest BCUT2D eigenvalue weighted by molar-refractivity contribution is -0.135. The van der Waals surface area contributed by atoms with Crippen LogP contribution in [0.4, 0.5) is 0 Å². The van der Waals surface area contributed by atoms with Gasteiger partial charge in [-0.1, -0.05) is 35.3 Å². The second-order valence-electron chi connectivity index (χ2n) is 8.52. The summed E-state index contributed by atoms with van der Waals surface area (Å²) in [5, 5.41) is 14.2. The largest absolute Gasteiger partial charge is 0.490 e. The van der Waals surface area contributed by atoms with Crippen molar-refractivity contribution in [1.29, 1.82) is 0 Å². The third-order valence-corrected chi connectivity index (χ3v) is 6.59. The molecule has 2 heterocycles. The van der Waals surface area contributed by atoms with Crippen molar-refractivity contribution < 1.29 is 24.2 Å². The molecule has 180 valence electrons. The molecule has 0 spiro atoms. The summed E-state index contributed by atoms with van der Waals surface area (Å²) in [6.45, 7) is 4.89. The number of fused-ring (bicyclic) bond motifs is 2. The van der Waals surface area contributed by atoms with Crippen LogP contribution in [-0.4, -0.2) is 60.3 Å². The molecule has 2 atom stereocenters. The molecule has 1 amide bonds. The maximum Gasteiger partial charge on any atom is 0.333 e. The summed E-state index contributed by atoms with van der Waals surface area (Å²) >= 11 is 12.4. The molecule has 34 heavy (non-hydrogen) atoms. The van der Waals surface area contributed by atoms with Crippen molar-refractivity contribution in [2.45, 2.75) is 32.4 Å². The normalized spacial score (nSPS) is 19.7. The van der Waals surface area contributed by atoms with E-state index in [1.54, 1.807) is 17.0 Å². The maximum atomic E-state index is 12.1. The number of aliphatic carboxylic acids is 1. The van der Waals surface area contributed by atoms with E-state index in [1.165, 1.54) is 6.92 Å². The van der Waals surface area contributed by atoms with Crippen LogP contribution in [0.5, 0.6) is 11.5 Å². The van der Waals surface area contributed by atoms with Crippen molar-refractivity contribution in [3.8, 4) is 11.5 Å². The van der Waals surface area contributed by atoms with E-state index >= 15 is 0 Å². The Hall–Kier alpha value is -2.74. The molecule has 2 aliphatic heterocycles. The fourth-order valence-corrected chi connectivity index (χ4v) is 5.21. The van der Waals surface area contributed by atoms with Crippen molar-refractivity contribution >= 4 is 40.7 Å². The molecule has 2 N–H and O–H groups in total. The Labute approximate surface area is 208 Å². The van der Waals surface area contributed by atoms with Crippen molar-refractivity contribution in [3.05, 3.63) is 63.1 Å². The first-order chi connectivity index (χ1) is 16.2. The minimum Gasteiger partial charge on any atom is -0.490 e. The monoisotopic (exact) mass is 504 g/mol. The first-order valence-corrected chi connectivity index (χ1v) is 11.8. The van der Waals surface area contributed by atoms with E-state index in [0.717, 1.165) is 16.7 Å². The Kier molecular flexibility index (Phi) is 7.36. The van der Waals surface area contributed by atoms with Crippen LogP contribution in [0.3, 0.4) is 0 Å². The second-order valence-corrected chi connectivity index (χ2v) is 9.34. The summed E-state index contributed by atoms with van der Waals surface area (Å²) in [5.41, 5.74) is 2.90. The summed E-state index contributed by atoms with van der Waals surface area (Å²) in [7, 11) is 0. The smallest absolute Gasteiger partial charge is 0.333 e. The van der Waals surface area contributed by atoms with E-state index in [1.807, 2.05) is 31.2 Å². The lowest BCUT2D eigenvalue weighted by Crippen LogP contribution is -2.61. The summed E-state index contributed by atoms with van der Waals surface area (Å²) in [4.78, 5) is 25.6. The van der Waals surface area contributed by atoms with Gasteiger partial charge in [0.1, 0.15) is 19.0 Å². The topological polar surface area (TPSA) is 88.1 Å². The molecule has 2 bridgehead atoms. The number of hydrogen-bond donors (Lipinski definition) is 2. The Balaban J connectivity index is 1.41. The van der Waals surface area contributed by atoms with Crippen LogP contribution in [0, 0.1) is 6.92 Å². The molecular weight excluding hydrogens is 479 g/mol. The first kappa shape index (κ1) is 24.4. The molecule has 1 saturated heterocycles. The lowest BCUT2D eigenvalue weighted by atomic mass is 9.83. The number of halogens is 2. The number of benzene rings is 2. The highest BCUT2D eigenvalue weighted by Gasteiger charge is 2.39. The van der Waals surface area contributed by atoms with Gasteiger partial charge >= 0.3 is 5.97 Å². The zero-order valence-electron chi connectivity index (χ0n) is 18.9. The summed E-state index contributed by atoms with van der Waals surface area (Å²) in [6.07, 6.45) is 0.536. The van der Waals surface area contributed by atoms with Gasteiger partial charge in [0.05, 0.1) is 21.7 Å². The number of nitrogens with zero attached hydrogens (tertiary/aromatic N) is 1. The highest BCUT2D eigenvalue weighted by molar-refractivity contribution is 6.37. The van der Waals surface area contributed by atoms with Crippen molar-refractivity contribution in [2.24, 2.45) is 0 Å². The number of aryl methyl sites for hydroxylation is 1. The van der Waals surface area contributed by atoms with Crippen LogP contribution in [0.2, 0.25) is 10.0 Å². The zero-order chi connectivity index (χ0) is 24.4. The Bertz CT molecular complexity index is 1110. The van der Waals surface area contributed by atoms with Gasteiger partial charge in [-0.15, -0.1) is 0 Å². The van der Waals surface area contributed by atoms with Gasteiger partial charge in [-0.25, -0.2) is 4.79 Å². The van der Waals surface area contributed by atoms with Crippen LogP contribution in [0.25, 0.3) is 5.57 Å². The predicted molar refractivity (Wildman–Crippen MR) is 131 cm³/mol.